The number of hydrogen-bond donors (Lipinski definition) is 2. The summed E-state index contributed by atoms with van der Waals surface area (Å²) in [5.74, 6) is 3.62. The van der Waals surface area contributed by atoms with Gasteiger partial charge in [0.1, 0.15) is 11.5 Å². The van der Waals surface area contributed by atoms with E-state index in [1.165, 1.54) is 0 Å². The third kappa shape index (κ3) is 5.44. The van der Waals surface area contributed by atoms with Gasteiger partial charge in [-0.1, -0.05) is 0 Å². The molecule has 2 aromatic carbocycles. The summed E-state index contributed by atoms with van der Waals surface area (Å²) >= 11 is 0. The number of benzene rings is 2. The fourth-order valence-electron chi connectivity index (χ4n) is 2.62. The van der Waals surface area contributed by atoms with Crippen molar-refractivity contribution in [2.45, 2.75) is 6.42 Å². The first-order chi connectivity index (χ1) is 13.1. The molecule has 0 radical (unpaired) electrons. The van der Waals surface area contributed by atoms with Crippen molar-refractivity contribution in [1.82, 2.24) is 5.32 Å². The molecule has 0 unspecified atom stereocenters. The fraction of sp³-hybridized carbons (Fsp3) is 0.350. The Hall–Kier alpha value is -3.09. The van der Waals surface area contributed by atoms with Crippen LogP contribution >= 0.6 is 0 Å². The minimum Gasteiger partial charge on any atom is -0.497 e. The maximum Gasteiger partial charge on any atom is 0.195 e. The van der Waals surface area contributed by atoms with E-state index in [9.17, 15) is 0 Å². The lowest BCUT2D eigenvalue weighted by molar-refractivity contribution is 0.355. The largest absolute Gasteiger partial charge is 0.497 e. The second kappa shape index (κ2) is 10.2. The van der Waals surface area contributed by atoms with Crippen LogP contribution in [0.2, 0.25) is 0 Å². The molecular weight excluding hydrogens is 346 g/mol. The molecule has 2 aromatic rings. The van der Waals surface area contributed by atoms with Crippen LogP contribution in [0.5, 0.6) is 23.0 Å². The van der Waals surface area contributed by atoms with Crippen molar-refractivity contribution in [3.63, 3.8) is 0 Å². The summed E-state index contributed by atoms with van der Waals surface area (Å²) in [6.07, 6.45) is 0.757. The van der Waals surface area contributed by atoms with Gasteiger partial charge >= 0.3 is 0 Å². The number of hydrogen-bond acceptors (Lipinski definition) is 5. The van der Waals surface area contributed by atoms with Gasteiger partial charge in [-0.05, 0) is 42.3 Å². The zero-order valence-electron chi connectivity index (χ0n) is 16.5. The smallest absolute Gasteiger partial charge is 0.195 e. The molecule has 0 heterocycles. The van der Waals surface area contributed by atoms with Crippen molar-refractivity contribution in [2.75, 3.05) is 47.3 Å². The Balaban J connectivity index is 1.99. The van der Waals surface area contributed by atoms with Crippen LogP contribution in [0.4, 0.5) is 5.69 Å². The SMILES string of the molecule is CN=C(NCCc1cc(OC)ccc1OC)Nc1ccc(OC)c(OC)c1. The zero-order chi connectivity index (χ0) is 19.6. The summed E-state index contributed by atoms with van der Waals surface area (Å²) < 4.78 is 21.3. The molecular formula is C20H27N3O4. The maximum atomic E-state index is 5.42. The van der Waals surface area contributed by atoms with Crippen LogP contribution < -0.4 is 29.6 Å². The summed E-state index contributed by atoms with van der Waals surface area (Å²) in [7, 11) is 8.26. The average molecular weight is 373 g/mol. The standard InChI is InChI=1S/C20H27N3O4/c1-21-20(23-15-6-8-18(26-4)19(13-15)27-5)22-11-10-14-12-16(24-2)7-9-17(14)25-3/h6-9,12-13H,10-11H2,1-5H3,(H2,21,22,23). The molecule has 0 fully saturated rings. The molecule has 0 aliphatic rings. The number of aliphatic imine (C=N–C) groups is 1. The van der Waals surface area contributed by atoms with Gasteiger partial charge in [0.05, 0.1) is 28.4 Å². The molecule has 0 aliphatic heterocycles. The normalized spacial score (nSPS) is 10.9. The van der Waals surface area contributed by atoms with E-state index in [4.69, 9.17) is 18.9 Å². The quantitative estimate of drug-likeness (QED) is 0.547. The van der Waals surface area contributed by atoms with Crippen LogP contribution in [-0.4, -0.2) is 48.0 Å². The first kappa shape index (κ1) is 20.2. The third-order valence-electron chi connectivity index (χ3n) is 4.04. The van der Waals surface area contributed by atoms with Crippen LogP contribution in [0.1, 0.15) is 5.56 Å². The molecule has 0 atom stereocenters. The maximum absolute atomic E-state index is 5.42. The van der Waals surface area contributed by atoms with Crippen molar-refractivity contribution in [2.24, 2.45) is 4.99 Å². The minimum absolute atomic E-state index is 0.652. The van der Waals surface area contributed by atoms with Gasteiger partial charge in [0, 0.05) is 25.3 Å². The molecule has 7 nitrogen and oxygen atoms in total. The summed E-state index contributed by atoms with van der Waals surface area (Å²) in [6.45, 7) is 0.677. The van der Waals surface area contributed by atoms with Gasteiger partial charge in [-0.2, -0.15) is 0 Å². The second-order valence-corrected chi connectivity index (χ2v) is 5.62. The predicted molar refractivity (Wildman–Crippen MR) is 108 cm³/mol. The molecule has 7 heteroatoms. The van der Waals surface area contributed by atoms with Gasteiger partial charge < -0.3 is 29.6 Å². The Bertz CT molecular complexity index is 778. The first-order valence-electron chi connectivity index (χ1n) is 8.55. The number of ether oxygens (including phenoxy) is 4. The lowest BCUT2D eigenvalue weighted by Crippen LogP contribution is -2.32. The van der Waals surface area contributed by atoms with E-state index in [0.717, 1.165) is 29.2 Å². The lowest BCUT2D eigenvalue weighted by Gasteiger charge is -2.15. The third-order valence-corrected chi connectivity index (χ3v) is 4.04. The molecule has 146 valence electrons. The molecule has 0 saturated carbocycles. The van der Waals surface area contributed by atoms with Crippen molar-refractivity contribution in [1.29, 1.82) is 0 Å². The van der Waals surface area contributed by atoms with Crippen molar-refractivity contribution >= 4 is 11.6 Å². The molecule has 0 saturated heterocycles. The average Bonchev–Trinajstić information content (AvgIpc) is 2.72. The van der Waals surface area contributed by atoms with Crippen LogP contribution in [-0.2, 0) is 6.42 Å². The van der Waals surface area contributed by atoms with E-state index in [1.807, 2.05) is 36.4 Å². The highest BCUT2D eigenvalue weighted by Crippen LogP contribution is 2.29. The highest BCUT2D eigenvalue weighted by atomic mass is 16.5. The van der Waals surface area contributed by atoms with Crippen LogP contribution in [0, 0.1) is 0 Å². The monoisotopic (exact) mass is 373 g/mol. The Morgan fingerprint density at radius 2 is 1.56 bits per heavy atom. The summed E-state index contributed by atoms with van der Waals surface area (Å²) in [6, 6.07) is 11.4. The van der Waals surface area contributed by atoms with Crippen LogP contribution in [0.3, 0.4) is 0 Å². The Labute approximate surface area is 160 Å². The molecule has 0 aromatic heterocycles. The molecule has 2 rings (SSSR count). The van der Waals surface area contributed by atoms with E-state index in [0.29, 0.717) is 24.0 Å². The number of guanidine groups is 1. The molecule has 2 N–H and O–H groups in total. The molecule has 0 spiro atoms. The highest BCUT2D eigenvalue weighted by molar-refractivity contribution is 5.93. The summed E-state index contributed by atoms with van der Waals surface area (Å²) in [4.78, 5) is 4.26. The van der Waals surface area contributed by atoms with Gasteiger partial charge in [0.2, 0.25) is 0 Å². The number of nitrogens with zero attached hydrogens (tertiary/aromatic N) is 1. The van der Waals surface area contributed by atoms with Gasteiger partial charge in [0.15, 0.2) is 17.5 Å². The number of nitrogens with one attached hydrogen (secondary N) is 2. The van der Waals surface area contributed by atoms with Crippen molar-refractivity contribution in [3.05, 3.63) is 42.0 Å². The van der Waals surface area contributed by atoms with Crippen LogP contribution in [0.25, 0.3) is 0 Å². The van der Waals surface area contributed by atoms with E-state index in [1.54, 1.807) is 35.5 Å². The van der Waals surface area contributed by atoms with Crippen LogP contribution in [0.15, 0.2) is 41.4 Å². The van der Waals surface area contributed by atoms with Gasteiger partial charge in [0.25, 0.3) is 0 Å². The molecule has 0 aliphatic carbocycles. The zero-order valence-corrected chi connectivity index (χ0v) is 16.5. The van der Waals surface area contributed by atoms with Gasteiger partial charge in [-0.25, -0.2) is 0 Å². The Morgan fingerprint density at radius 1 is 0.852 bits per heavy atom. The van der Waals surface area contributed by atoms with Gasteiger partial charge in [-0.3, -0.25) is 4.99 Å². The molecule has 27 heavy (non-hydrogen) atoms. The number of anilines is 1. The number of methoxy groups -OCH3 is 4. The molecule has 0 bridgehead atoms. The topological polar surface area (TPSA) is 73.3 Å². The predicted octanol–water partition coefficient (Wildman–Crippen LogP) is 2.95. The van der Waals surface area contributed by atoms with Gasteiger partial charge in [-0.15, -0.1) is 0 Å². The molecule has 0 amide bonds. The van der Waals surface area contributed by atoms with E-state index < -0.39 is 0 Å². The lowest BCUT2D eigenvalue weighted by atomic mass is 10.1. The fourth-order valence-corrected chi connectivity index (χ4v) is 2.62. The Morgan fingerprint density at radius 3 is 2.19 bits per heavy atom. The Kier molecular flexibility index (Phi) is 7.61. The number of rotatable bonds is 8. The minimum atomic E-state index is 0.652. The summed E-state index contributed by atoms with van der Waals surface area (Å²) in [5, 5.41) is 6.53. The first-order valence-corrected chi connectivity index (χ1v) is 8.55. The summed E-state index contributed by atoms with van der Waals surface area (Å²) in [5.41, 5.74) is 1.91. The second-order valence-electron chi connectivity index (χ2n) is 5.62. The van der Waals surface area contributed by atoms with Crippen molar-refractivity contribution in [3.8, 4) is 23.0 Å². The highest BCUT2D eigenvalue weighted by Gasteiger charge is 2.08. The van der Waals surface area contributed by atoms with E-state index >= 15 is 0 Å². The van der Waals surface area contributed by atoms with E-state index in [2.05, 4.69) is 15.6 Å². The van der Waals surface area contributed by atoms with Crippen molar-refractivity contribution < 1.29 is 18.9 Å². The van der Waals surface area contributed by atoms with E-state index in [-0.39, 0.29) is 0 Å².